The van der Waals surface area contributed by atoms with Gasteiger partial charge in [-0.25, -0.2) is 9.36 Å². The van der Waals surface area contributed by atoms with Gasteiger partial charge in [0.1, 0.15) is 18.7 Å². The second kappa shape index (κ2) is 28.5. The standard InChI is InChI=1S/C43H70N16O7/c1-3-5-10-34-32-58(52-50-34)36(11-6-8-15-44)39(62)54-18-22-56(23-19-54)42-47-41(46-17-27-65-29-31-66-30-28-64-26-4-2)48-43(49-42)57-24-20-55(21-25-57)40(63)37(12-7-9-16-45)59-33-35(51-53-59)13-14-38(60)61/h2,32-33,36-37H,3,5-31,44-45H2,1H3,(H,60,61)(H,46,47,48,49)/p+2/t36-,37-/m0/s1. The highest BCUT2D eigenvalue weighted by Gasteiger charge is 2.33. The van der Waals surface area contributed by atoms with E-state index in [9.17, 15) is 14.4 Å². The maximum Gasteiger partial charge on any atom is 0.303 e. The third kappa shape index (κ3) is 16.4. The smallest absolute Gasteiger partial charge is 0.303 e. The van der Waals surface area contributed by atoms with E-state index in [0.29, 0.717) is 128 Å². The van der Waals surface area contributed by atoms with E-state index in [1.165, 1.54) is 0 Å². The molecule has 5 heterocycles. The SMILES string of the molecule is C#CCOCCOCCOCCNc1nc(N2CCN(C(=O)[C@H](CCCC[NH3+])n3cc(CCCC)nn3)CC2)nc(N2CCN(C(=O)[C@H](CCCC[NH3+])n3cc(CCC(=O)O)nn3)CC2)n1. The van der Waals surface area contributed by atoms with E-state index in [2.05, 4.69) is 60.1 Å². The van der Waals surface area contributed by atoms with Crippen LogP contribution in [0.25, 0.3) is 0 Å². The number of ether oxygens (including phenoxy) is 3. The normalized spacial score (nSPS) is 15.2. The number of terminal acetylenes is 1. The lowest BCUT2D eigenvalue weighted by Crippen LogP contribution is -2.52. The minimum atomic E-state index is -0.917. The Hall–Kier alpha value is -5.54. The van der Waals surface area contributed by atoms with Gasteiger partial charge in [0, 0.05) is 77.7 Å². The molecular formula is C43H72N16O7+2. The molecule has 0 aliphatic carbocycles. The number of carbonyl (C=O) groups is 3. The number of hydrogen-bond donors (Lipinski definition) is 4. The van der Waals surface area contributed by atoms with Crippen LogP contribution in [0.3, 0.4) is 0 Å². The topological polar surface area (TPSA) is 279 Å². The van der Waals surface area contributed by atoms with Gasteiger partial charge in [-0.05, 0) is 51.4 Å². The molecule has 0 bridgehead atoms. The largest absolute Gasteiger partial charge is 0.481 e. The number of rotatable bonds is 31. The number of nitrogens with one attached hydrogen (secondary N) is 1. The first-order chi connectivity index (χ1) is 32.2. The summed E-state index contributed by atoms with van der Waals surface area (Å²) in [5, 5.41) is 29.6. The fourth-order valence-corrected chi connectivity index (χ4v) is 7.72. The number of aliphatic carboxylic acids is 1. The molecule has 5 rings (SSSR count). The zero-order valence-corrected chi connectivity index (χ0v) is 38.8. The summed E-state index contributed by atoms with van der Waals surface area (Å²) in [5.41, 5.74) is 9.37. The summed E-state index contributed by atoms with van der Waals surface area (Å²) in [6.45, 7) is 10.3. The van der Waals surface area contributed by atoms with Gasteiger partial charge >= 0.3 is 5.97 Å². The minimum Gasteiger partial charge on any atom is -0.481 e. The molecule has 2 aliphatic heterocycles. The van der Waals surface area contributed by atoms with Crippen LogP contribution >= 0.6 is 0 Å². The predicted octanol–water partition coefficient (Wildman–Crippen LogP) is -0.887. The van der Waals surface area contributed by atoms with Gasteiger partial charge in [0.05, 0.1) is 63.9 Å². The average Bonchev–Trinajstić information content (AvgIpc) is 4.02. The number of hydrogen-bond acceptors (Lipinski definition) is 16. The minimum absolute atomic E-state index is 0.0337. The number of piperazine rings is 2. The van der Waals surface area contributed by atoms with E-state index in [1.54, 1.807) is 15.6 Å². The molecule has 0 radical (unpaired) electrons. The van der Waals surface area contributed by atoms with Gasteiger partial charge in [-0.2, -0.15) is 15.0 Å². The van der Waals surface area contributed by atoms with Crippen molar-refractivity contribution in [1.82, 2.24) is 54.7 Å². The Morgan fingerprint density at radius 1 is 0.712 bits per heavy atom. The molecule has 0 aromatic carbocycles. The molecule has 2 atom stereocenters. The number of carboxylic acids is 1. The van der Waals surface area contributed by atoms with Gasteiger partial charge in [-0.1, -0.05) is 29.7 Å². The molecule has 3 aromatic heterocycles. The van der Waals surface area contributed by atoms with Crippen molar-refractivity contribution in [2.45, 2.75) is 89.6 Å². The summed E-state index contributed by atoms with van der Waals surface area (Å²) in [6.07, 6.45) is 16.6. The van der Waals surface area contributed by atoms with Crippen molar-refractivity contribution in [3.63, 3.8) is 0 Å². The van der Waals surface area contributed by atoms with Crippen molar-refractivity contribution < 1.29 is 45.2 Å². The van der Waals surface area contributed by atoms with E-state index in [4.69, 9.17) is 40.7 Å². The molecule has 23 nitrogen and oxygen atoms in total. The van der Waals surface area contributed by atoms with Gasteiger partial charge in [-0.15, -0.1) is 16.6 Å². The first kappa shape index (κ1) is 51.4. The first-order valence-electron chi connectivity index (χ1n) is 23.6. The molecule has 0 spiro atoms. The Morgan fingerprint density at radius 3 is 1.70 bits per heavy atom. The molecule has 8 N–H and O–H groups in total. The van der Waals surface area contributed by atoms with E-state index >= 15 is 0 Å². The molecule has 23 heteroatoms. The molecular weight excluding hydrogens is 853 g/mol. The molecule has 3 aromatic rings. The van der Waals surface area contributed by atoms with E-state index in [1.807, 2.05) is 16.0 Å². The number of amides is 2. The zero-order valence-electron chi connectivity index (χ0n) is 38.8. The van der Waals surface area contributed by atoms with Crippen LogP contribution in [-0.2, 0) is 41.4 Å². The number of unbranched alkanes of at least 4 members (excludes halogenated alkanes) is 3. The lowest BCUT2D eigenvalue weighted by atomic mass is 10.1. The number of anilines is 3. The number of quaternary nitrogens is 2. The first-order valence-corrected chi connectivity index (χ1v) is 23.6. The van der Waals surface area contributed by atoms with Crippen LogP contribution in [0.5, 0.6) is 0 Å². The van der Waals surface area contributed by atoms with Crippen molar-refractivity contribution in [2.75, 3.05) is 127 Å². The van der Waals surface area contributed by atoms with Crippen molar-refractivity contribution in [3.05, 3.63) is 23.8 Å². The fraction of sp³-hybridized carbons (Fsp3) is 0.721. The van der Waals surface area contributed by atoms with Crippen molar-refractivity contribution in [3.8, 4) is 12.3 Å². The fourth-order valence-electron chi connectivity index (χ4n) is 7.72. The Kier molecular flexibility index (Phi) is 22.2. The van der Waals surface area contributed by atoms with E-state index in [0.717, 1.165) is 63.7 Å². The number of carboxylic acid groups (broad SMARTS) is 1. The number of aromatic nitrogens is 9. The number of carbonyl (C=O) groups excluding carboxylic acids is 2. The second-order valence-electron chi connectivity index (χ2n) is 16.4. The zero-order chi connectivity index (χ0) is 46.9. The summed E-state index contributed by atoms with van der Waals surface area (Å²) in [7, 11) is 0. The highest BCUT2D eigenvalue weighted by atomic mass is 16.5. The van der Waals surface area contributed by atoms with Gasteiger partial charge in [0.25, 0.3) is 0 Å². The summed E-state index contributed by atoms with van der Waals surface area (Å²) in [4.78, 5) is 61.9. The van der Waals surface area contributed by atoms with Crippen molar-refractivity contribution >= 4 is 35.6 Å². The van der Waals surface area contributed by atoms with Gasteiger partial charge in [0.2, 0.25) is 29.7 Å². The predicted molar refractivity (Wildman–Crippen MR) is 243 cm³/mol. The Balaban J connectivity index is 1.24. The van der Waals surface area contributed by atoms with E-state index < -0.39 is 18.1 Å². The molecule has 66 heavy (non-hydrogen) atoms. The third-order valence-electron chi connectivity index (χ3n) is 11.5. The molecule has 0 unspecified atom stereocenters. The summed E-state index contributed by atoms with van der Waals surface area (Å²) in [6, 6.07) is -0.997. The molecule has 2 amide bonds. The molecule has 0 saturated carbocycles. The third-order valence-corrected chi connectivity index (χ3v) is 11.5. The van der Waals surface area contributed by atoms with Crippen molar-refractivity contribution in [2.24, 2.45) is 0 Å². The highest BCUT2D eigenvalue weighted by molar-refractivity contribution is 5.81. The Bertz CT molecular complexity index is 1940. The molecule has 2 fully saturated rings. The number of aryl methyl sites for hydroxylation is 2. The summed E-state index contributed by atoms with van der Waals surface area (Å²) in [5.74, 6) is 2.85. The second-order valence-corrected chi connectivity index (χ2v) is 16.4. The lowest BCUT2D eigenvalue weighted by molar-refractivity contribution is -0.369. The average molecular weight is 925 g/mol. The molecule has 2 saturated heterocycles. The van der Waals surface area contributed by atoms with Crippen LogP contribution in [-0.4, -0.2) is 189 Å². The summed E-state index contributed by atoms with van der Waals surface area (Å²) >= 11 is 0. The maximum absolute atomic E-state index is 14.1. The molecule has 364 valence electrons. The van der Waals surface area contributed by atoms with Crippen LogP contribution in [0, 0.1) is 12.3 Å². The molecule has 2 aliphatic rings. The van der Waals surface area contributed by atoms with Crippen LogP contribution in [0.2, 0.25) is 0 Å². The van der Waals surface area contributed by atoms with Gasteiger partial charge < -0.3 is 55.7 Å². The van der Waals surface area contributed by atoms with Gasteiger partial charge in [-0.3, -0.25) is 14.4 Å². The van der Waals surface area contributed by atoms with Crippen LogP contribution in [0.1, 0.15) is 88.2 Å². The van der Waals surface area contributed by atoms with Crippen LogP contribution in [0.4, 0.5) is 17.8 Å². The lowest BCUT2D eigenvalue weighted by Gasteiger charge is -2.38. The van der Waals surface area contributed by atoms with Gasteiger partial charge in [0.15, 0.2) is 0 Å². The Labute approximate surface area is 387 Å². The maximum atomic E-state index is 14.1. The quantitative estimate of drug-likeness (QED) is 0.0450. The van der Waals surface area contributed by atoms with Crippen LogP contribution < -0.4 is 26.6 Å². The highest BCUT2D eigenvalue weighted by Crippen LogP contribution is 2.24. The van der Waals surface area contributed by atoms with Crippen molar-refractivity contribution in [1.29, 1.82) is 0 Å². The Morgan fingerprint density at radius 2 is 1.21 bits per heavy atom. The summed E-state index contributed by atoms with van der Waals surface area (Å²) < 4.78 is 19.9. The monoisotopic (exact) mass is 925 g/mol. The van der Waals surface area contributed by atoms with E-state index in [-0.39, 0.29) is 31.3 Å². The number of nitrogens with zero attached hydrogens (tertiary/aromatic N) is 13. The van der Waals surface area contributed by atoms with Crippen LogP contribution in [0.15, 0.2) is 12.4 Å².